The molecule has 144 valence electrons. The number of rotatable bonds is 4. The number of piperazine rings is 1. The molecule has 9 nitrogen and oxygen atoms in total. The topological polar surface area (TPSA) is 121 Å². The first-order valence-electron chi connectivity index (χ1n) is 8.27. The summed E-state index contributed by atoms with van der Waals surface area (Å²) in [5.74, 6) is -1.09. The zero-order valence-electron chi connectivity index (χ0n) is 14.9. The zero-order valence-corrected chi connectivity index (χ0v) is 15.7. The molecule has 0 atom stereocenters. The van der Waals surface area contributed by atoms with Crippen LogP contribution in [0.1, 0.15) is 32.2 Å². The highest BCUT2D eigenvalue weighted by Crippen LogP contribution is 2.24. The Hall–Kier alpha value is -2.72. The fourth-order valence-corrected chi connectivity index (χ4v) is 4.75. The van der Waals surface area contributed by atoms with Crippen molar-refractivity contribution in [3.05, 3.63) is 46.8 Å². The largest absolute Gasteiger partial charge is 0.478 e. The van der Waals surface area contributed by atoms with Crippen LogP contribution in [0.25, 0.3) is 0 Å². The van der Waals surface area contributed by atoms with Gasteiger partial charge >= 0.3 is 5.97 Å². The Bertz CT molecular complexity index is 953. The molecule has 2 heterocycles. The first-order chi connectivity index (χ1) is 12.7. The molecule has 1 fully saturated rings. The van der Waals surface area contributed by atoms with Gasteiger partial charge in [0.15, 0.2) is 5.76 Å². The second kappa shape index (κ2) is 7.12. The van der Waals surface area contributed by atoms with Crippen LogP contribution >= 0.6 is 0 Å². The third-order valence-electron chi connectivity index (χ3n) is 4.47. The molecule has 27 heavy (non-hydrogen) atoms. The lowest BCUT2D eigenvalue weighted by atomic mass is 10.1. The van der Waals surface area contributed by atoms with Crippen LogP contribution < -0.4 is 0 Å². The van der Waals surface area contributed by atoms with Crippen molar-refractivity contribution in [2.75, 3.05) is 26.2 Å². The lowest BCUT2D eigenvalue weighted by molar-refractivity contribution is 0.0684. The summed E-state index contributed by atoms with van der Waals surface area (Å²) in [4.78, 5) is 25.1. The molecule has 0 saturated carbocycles. The SMILES string of the molecule is Cc1noc(C)c1S(=O)(=O)N1CCN(C(=O)c2ccc(C(=O)O)cc2)CC1. The van der Waals surface area contributed by atoms with E-state index in [2.05, 4.69) is 5.16 Å². The Labute approximate surface area is 156 Å². The first kappa shape index (κ1) is 19.1. The number of sulfonamides is 1. The monoisotopic (exact) mass is 393 g/mol. The molecule has 10 heteroatoms. The summed E-state index contributed by atoms with van der Waals surface area (Å²) in [7, 11) is -3.74. The number of aromatic carboxylic acids is 1. The number of amides is 1. The minimum absolute atomic E-state index is 0.0755. The van der Waals surface area contributed by atoms with Crippen LogP contribution in [0.3, 0.4) is 0 Å². The molecule has 3 rings (SSSR count). The van der Waals surface area contributed by atoms with Crippen LogP contribution in [0.5, 0.6) is 0 Å². The predicted octanol–water partition coefficient (Wildman–Crippen LogP) is 1.14. The Kier molecular flexibility index (Phi) is 5.03. The lowest BCUT2D eigenvalue weighted by Gasteiger charge is -2.34. The minimum atomic E-state index is -3.74. The van der Waals surface area contributed by atoms with Gasteiger partial charge in [0.2, 0.25) is 10.0 Å². The van der Waals surface area contributed by atoms with Gasteiger partial charge in [-0.3, -0.25) is 4.79 Å². The maximum atomic E-state index is 12.8. The molecular weight excluding hydrogens is 374 g/mol. The lowest BCUT2D eigenvalue weighted by Crippen LogP contribution is -2.50. The minimum Gasteiger partial charge on any atom is -0.478 e. The molecule has 0 bridgehead atoms. The van der Waals surface area contributed by atoms with Gasteiger partial charge in [-0.1, -0.05) is 5.16 Å². The quantitative estimate of drug-likeness (QED) is 0.826. The highest BCUT2D eigenvalue weighted by molar-refractivity contribution is 7.89. The van der Waals surface area contributed by atoms with E-state index in [1.807, 2.05) is 0 Å². The van der Waals surface area contributed by atoms with Crippen molar-refractivity contribution in [1.82, 2.24) is 14.4 Å². The van der Waals surface area contributed by atoms with Gasteiger partial charge in [-0.25, -0.2) is 13.2 Å². The van der Waals surface area contributed by atoms with E-state index in [1.54, 1.807) is 18.7 Å². The second-order valence-electron chi connectivity index (χ2n) is 6.23. The van der Waals surface area contributed by atoms with E-state index in [9.17, 15) is 18.0 Å². The molecule has 0 spiro atoms. The highest BCUT2D eigenvalue weighted by atomic mass is 32.2. The number of benzene rings is 1. The fraction of sp³-hybridized carbons (Fsp3) is 0.353. The van der Waals surface area contributed by atoms with Crippen LogP contribution in [0.4, 0.5) is 0 Å². The van der Waals surface area contributed by atoms with Crippen molar-refractivity contribution >= 4 is 21.9 Å². The van der Waals surface area contributed by atoms with Gasteiger partial charge in [-0.15, -0.1) is 0 Å². The van der Waals surface area contributed by atoms with Gasteiger partial charge in [0.25, 0.3) is 5.91 Å². The van der Waals surface area contributed by atoms with Crippen LogP contribution in [0, 0.1) is 13.8 Å². The Morgan fingerprint density at radius 1 is 1.04 bits per heavy atom. The van der Waals surface area contributed by atoms with E-state index in [1.165, 1.54) is 28.6 Å². The summed E-state index contributed by atoms with van der Waals surface area (Å²) in [5.41, 5.74) is 0.772. The third kappa shape index (κ3) is 3.58. The van der Waals surface area contributed by atoms with Gasteiger partial charge < -0.3 is 14.5 Å². The van der Waals surface area contributed by atoms with Crippen molar-refractivity contribution in [2.45, 2.75) is 18.7 Å². The number of carbonyl (C=O) groups excluding carboxylic acids is 1. The fourth-order valence-electron chi connectivity index (χ4n) is 3.04. The summed E-state index contributed by atoms with van der Waals surface area (Å²) in [6.07, 6.45) is 0. The molecule has 1 saturated heterocycles. The second-order valence-corrected chi connectivity index (χ2v) is 8.11. The first-order valence-corrected chi connectivity index (χ1v) is 9.71. The number of hydrogen-bond donors (Lipinski definition) is 1. The molecule has 1 N–H and O–H groups in total. The molecule has 1 aromatic carbocycles. The number of nitrogens with zero attached hydrogens (tertiary/aromatic N) is 3. The third-order valence-corrected chi connectivity index (χ3v) is 6.61. The van der Waals surface area contributed by atoms with Crippen LogP contribution in [0.15, 0.2) is 33.7 Å². The van der Waals surface area contributed by atoms with E-state index in [0.717, 1.165) is 0 Å². The van der Waals surface area contributed by atoms with Crippen molar-refractivity contribution in [3.63, 3.8) is 0 Å². The summed E-state index contributed by atoms with van der Waals surface area (Å²) in [5, 5.41) is 12.6. The summed E-state index contributed by atoms with van der Waals surface area (Å²) in [6.45, 7) is 3.91. The normalized spacial score (nSPS) is 15.7. The molecule has 0 unspecified atom stereocenters. The standard InChI is InChI=1S/C17H19N3O6S/c1-11-15(12(2)26-18-11)27(24,25)20-9-7-19(8-10-20)16(21)13-3-5-14(6-4-13)17(22)23/h3-6H,7-10H2,1-2H3,(H,22,23). The Balaban J connectivity index is 1.70. The number of aryl methyl sites for hydroxylation is 2. The average Bonchev–Trinajstić information content (AvgIpc) is 3.00. The van der Waals surface area contributed by atoms with Gasteiger partial charge in [0.05, 0.1) is 5.56 Å². The Morgan fingerprint density at radius 3 is 2.07 bits per heavy atom. The van der Waals surface area contributed by atoms with Gasteiger partial charge in [-0.2, -0.15) is 4.31 Å². The predicted molar refractivity (Wildman–Crippen MR) is 94.0 cm³/mol. The van der Waals surface area contributed by atoms with Crippen LogP contribution in [0.2, 0.25) is 0 Å². The van der Waals surface area contributed by atoms with E-state index in [4.69, 9.17) is 9.63 Å². The van der Waals surface area contributed by atoms with Crippen molar-refractivity contribution in [2.24, 2.45) is 0 Å². The van der Waals surface area contributed by atoms with E-state index >= 15 is 0 Å². The summed E-state index contributed by atoms with van der Waals surface area (Å²) >= 11 is 0. The van der Waals surface area contributed by atoms with E-state index < -0.39 is 16.0 Å². The molecular formula is C17H19N3O6S. The van der Waals surface area contributed by atoms with Gasteiger partial charge in [0.1, 0.15) is 10.6 Å². The molecule has 0 radical (unpaired) electrons. The van der Waals surface area contributed by atoms with Gasteiger partial charge in [-0.05, 0) is 38.1 Å². The van der Waals surface area contributed by atoms with Gasteiger partial charge in [0, 0.05) is 31.7 Å². The summed E-state index contributed by atoms with van der Waals surface area (Å²) < 4.78 is 31.9. The molecule has 0 aliphatic carbocycles. The van der Waals surface area contributed by atoms with Crippen LogP contribution in [-0.2, 0) is 10.0 Å². The number of carbonyl (C=O) groups is 2. The smallest absolute Gasteiger partial charge is 0.335 e. The highest BCUT2D eigenvalue weighted by Gasteiger charge is 2.34. The van der Waals surface area contributed by atoms with Crippen molar-refractivity contribution in [1.29, 1.82) is 0 Å². The number of carboxylic acids is 1. The van der Waals surface area contributed by atoms with E-state index in [-0.39, 0.29) is 48.3 Å². The zero-order chi connectivity index (χ0) is 19.8. The maximum absolute atomic E-state index is 12.8. The molecule has 1 aromatic heterocycles. The summed E-state index contributed by atoms with van der Waals surface area (Å²) in [6, 6.07) is 5.65. The average molecular weight is 393 g/mol. The van der Waals surface area contributed by atoms with Crippen LogP contribution in [-0.4, -0.2) is 65.9 Å². The molecule has 1 aliphatic rings. The Morgan fingerprint density at radius 2 is 1.59 bits per heavy atom. The molecule has 1 amide bonds. The molecule has 2 aromatic rings. The van der Waals surface area contributed by atoms with Crippen molar-refractivity contribution < 1.29 is 27.6 Å². The van der Waals surface area contributed by atoms with Crippen molar-refractivity contribution in [3.8, 4) is 0 Å². The number of aromatic nitrogens is 1. The number of hydrogen-bond acceptors (Lipinski definition) is 6. The number of carboxylic acid groups (broad SMARTS) is 1. The maximum Gasteiger partial charge on any atom is 0.335 e. The van der Waals surface area contributed by atoms with E-state index in [0.29, 0.717) is 11.3 Å². The molecule has 1 aliphatic heterocycles.